The Bertz CT molecular complexity index is 746. The number of hydrogen-bond donors (Lipinski definition) is 3. The van der Waals surface area contributed by atoms with Crippen molar-refractivity contribution in [2.75, 3.05) is 37.6 Å². The summed E-state index contributed by atoms with van der Waals surface area (Å²) in [6.07, 6.45) is -0.779. The summed E-state index contributed by atoms with van der Waals surface area (Å²) in [5.41, 5.74) is 2.38. The molecule has 3 N–H and O–H groups in total. The standard InChI is InChI=1S/C18H21N3O4/c1-21(2)14-6-3-12(4-7-14)15(22)10-19-18(23)20-13-5-8-16-17(9-13)25-11-24-16/h3-9,15,22H,10-11H2,1-2H3,(H2,19,20,23). The monoisotopic (exact) mass is 343 g/mol. The van der Waals surface area contributed by atoms with Crippen molar-refractivity contribution < 1.29 is 19.4 Å². The Morgan fingerprint density at radius 3 is 2.60 bits per heavy atom. The van der Waals surface area contributed by atoms with Gasteiger partial charge in [-0.3, -0.25) is 0 Å². The number of ether oxygens (including phenoxy) is 2. The van der Waals surface area contributed by atoms with E-state index in [0.717, 1.165) is 11.3 Å². The molecular weight excluding hydrogens is 322 g/mol. The van der Waals surface area contributed by atoms with Crippen LogP contribution >= 0.6 is 0 Å². The first-order valence-electron chi connectivity index (χ1n) is 7.93. The van der Waals surface area contributed by atoms with E-state index in [4.69, 9.17) is 9.47 Å². The van der Waals surface area contributed by atoms with Crippen molar-refractivity contribution in [1.29, 1.82) is 0 Å². The summed E-state index contributed by atoms with van der Waals surface area (Å²) in [6.45, 7) is 0.293. The zero-order valence-corrected chi connectivity index (χ0v) is 14.2. The molecule has 1 heterocycles. The van der Waals surface area contributed by atoms with Crippen LogP contribution in [-0.4, -0.2) is 38.6 Å². The van der Waals surface area contributed by atoms with Crippen LogP contribution in [0.4, 0.5) is 16.2 Å². The fourth-order valence-corrected chi connectivity index (χ4v) is 2.45. The maximum atomic E-state index is 12.0. The fraction of sp³-hybridized carbons (Fsp3) is 0.278. The third-order valence-electron chi connectivity index (χ3n) is 3.88. The Balaban J connectivity index is 1.51. The molecule has 0 bridgehead atoms. The topological polar surface area (TPSA) is 83.1 Å². The first-order valence-corrected chi connectivity index (χ1v) is 7.93. The number of aliphatic hydroxyl groups is 1. The van der Waals surface area contributed by atoms with Gasteiger partial charge < -0.3 is 30.1 Å². The Hall–Kier alpha value is -2.93. The predicted molar refractivity (Wildman–Crippen MR) is 95.3 cm³/mol. The second kappa shape index (κ2) is 7.31. The van der Waals surface area contributed by atoms with Crippen LogP contribution in [0, 0.1) is 0 Å². The van der Waals surface area contributed by atoms with Crippen molar-refractivity contribution in [3.63, 3.8) is 0 Å². The number of hydrogen-bond acceptors (Lipinski definition) is 5. The van der Waals surface area contributed by atoms with Crippen LogP contribution in [0.5, 0.6) is 11.5 Å². The first-order chi connectivity index (χ1) is 12.0. The van der Waals surface area contributed by atoms with Crippen molar-refractivity contribution in [1.82, 2.24) is 5.32 Å². The molecule has 0 saturated heterocycles. The van der Waals surface area contributed by atoms with Gasteiger partial charge in [0.25, 0.3) is 0 Å². The molecule has 0 aromatic heterocycles. The van der Waals surface area contributed by atoms with Crippen molar-refractivity contribution >= 4 is 17.4 Å². The molecular formula is C18H21N3O4. The van der Waals surface area contributed by atoms with Gasteiger partial charge in [0, 0.05) is 38.1 Å². The van der Waals surface area contributed by atoms with Gasteiger partial charge in [-0.1, -0.05) is 12.1 Å². The number of nitrogens with zero attached hydrogens (tertiary/aromatic N) is 1. The van der Waals surface area contributed by atoms with Gasteiger partial charge in [-0.25, -0.2) is 4.79 Å². The molecule has 0 fully saturated rings. The lowest BCUT2D eigenvalue weighted by Crippen LogP contribution is -2.32. The van der Waals surface area contributed by atoms with Crippen LogP contribution in [0.25, 0.3) is 0 Å². The number of carbonyl (C=O) groups excluding carboxylic acids is 1. The van der Waals surface area contributed by atoms with Crippen LogP contribution in [0.15, 0.2) is 42.5 Å². The Kier molecular flexibility index (Phi) is 4.95. The lowest BCUT2D eigenvalue weighted by Gasteiger charge is -2.16. The van der Waals surface area contributed by atoms with E-state index in [1.807, 2.05) is 43.3 Å². The van der Waals surface area contributed by atoms with E-state index in [9.17, 15) is 9.90 Å². The molecule has 3 rings (SSSR count). The van der Waals surface area contributed by atoms with E-state index in [2.05, 4.69) is 10.6 Å². The number of rotatable bonds is 5. The van der Waals surface area contributed by atoms with E-state index < -0.39 is 12.1 Å². The molecule has 1 aliphatic rings. The number of fused-ring (bicyclic) bond motifs is 1. The fourth-order valence-electron chi connectivity index (χ4n) is 2.45. The van der Waals surface area contributed by atoms with Crippen LogP contribution in [-0.2, 0) is 0 Å². The van der Waals surface area contributed by atoms with Crippen LogP contribution in [0.2, 0.25) is 0 Å². The molecule has 132 valence electrons. The normalized spacial score (nSPS) is 13.2. The zero-order valence-electron chi connectivity index (χ0n) is 14.2. The van der Waals surface area contributed by atoms with Gasteiger partial charge in [-0.05, 0) is 29.8 Å². The highest BCUT2D eigenvalue weighted by molar-refractivity contribution is 5.89. The lowest BCUT2D eigenvalue weighted by molar-refractivity contribution is 0.174. The molecule has 1 aliphatic heterocycles. The molecule has 7 nitrogen and oxygen atoms in total. The number of benzene rings is 2. The van der Waals surface area contributed by atoms with Gasteiger partial charge >= 0.3 is 6.03 Å². The second-order valence-electron chi connectivity index (χ2n) is 5.90. The Morgan fingerprint density at radius 1 is 1.16 bits per heavy atom. The average Bonchev–Trinajstić information content (AvgIpc) is 3.07. The number of anilines is 2. The van der Waals surface area contributed by atoms with Gasteiger partial charge in [0.15, 0.2) is 11.5 Å². The molecule has 0 saturated carbocycles. The molecule has 7 heteroatoms. The van der Waals surface area contributed by atoms with Gasteiger partial charge in [-0.15, -0.1) is 0 Å². The molecule has 0 aliphatic carbocycles. The minimum atomic E-state index is -0.779. The second-order valence-corrected chi connectivity index (χ2v) is 5.90. The third kappa shape index (κ3) is 4.13. The summed E-state index contributed by atoms with van der Waals surface area (Å²) in [5.74, 6) is 1.25. The predicted octanol–water partition coefficient (Wildman–Crippen LogP) is 2.34. The van der Waals surface area contributed by atoms with Crippen LogP contribution < -0.4 is 25.0 Å². The smallest absolute Gasteiger partial charge is 0.319 e. The highest BCUT2D eigenvalue weighted by Crippen LogP contribution is 2.34. The van der Waals surface area contributed by atoms with Crippen molar-refractivity contribution in [3.05, 3.63) is 48.0 Å². The maximum Gasteiger partial charge on any atom is 0.319 e. The molecule has 2 amide bonds. The highest BCUT2D eigenvalue weighted by Gasteiger charge is 2.15. The molecule has 0 spiro atoms. The third-order valence-corrected chi connectivity index (χ3v) is 3.88. The van der Waals surface area contributed by atoms with Crippen LogP contribution in [0.1, 0.15) is 11.7 Å². The molecule has 2 aromatic carbocycles. The van der Waals surface area contributed by atoms with E-state index in [-0.39, 0.29) is 13.3 Å². The minimum Gasteiger partial charge on any atom is -0.454 e. The summed E-state index contributed by atoms with van der Waals surface area (Å²) in [4.78, 5) is 14.0. The number of carbonyl (C=O) groups is 1. The summed E-state index contributed by atoms with van der Waals surface area (Å²) in [5, 5.41) is 15.6. The van der Waals surface area contributed by atoms with Crippen molar-refractivity contribution in [3.8, 4) is 11.5 Å². The number of urea groups is 1. The van der Waals surface area contributed by atoms with E-state index in [1.54, 1.807) is 18.2 Å². The van der Waals surface area contributed by atoms with E-state index in [1.165, 1.54) is 0 Å². The van der Waals surface area contributed by atoms with Gasteiger partial charge in [0.1, 0.15) is 0 Å². The minimum absolute atomic E-state index is 0.109. The zero-order chi connectivity index (χ0) is 17.8. The maximum absolute atomic E-state index is 12.0. The summed E-state index contributed by atoms with van der Waals surface area (Å²) < 4.78 is 10.5. The molecule has 1 unspecified atom stereocenters. The summed E-state index contributed by atoms with van der Waals surface area (Å²) in [7, 11) is 3.90. The van der Waals surface area contributed by atoms with E-state index in [0.29, 0.717) is 17.2 Å². The van der Waals surface area contributed by atoms with Gasteiger partial charge in [0.05, 0.1) is 6.10 Å². The van der Waals surface area contributed by atoms with Crippen LogP contribution in [0.3, 0.4) is 0 Å². The highest BCUT2D eigenvalue weighted by atomic mass is 16.7. The number of amides is 2. The summed E-state index contributed by atoms with van der Waals surface area (Å²) >= 11 is 0. The molecule has 2 aromatic rings. The average molecular weight is 343 g/mol. The lowest BCUT2D eigenvalue weighted by atomic mass is 10.1. The summed E-state index contributed by atoms with van der Waals surface area (Å²) in [6, 6.07) is 12.3. The molecule has 25 heavy (non-hydrogen) atoms. The van der Waals surface area contributed by atoms with Gasteiger partial charge in [-0.2, -0.15) is 0 Å². The SMILES string of the molecule is CN(C)c1ccc(C(O)CNC(=O)Nc2ccc3c(c2)OCO3)cc1. The molecule has 1 atom stereocenters. The number of aliphatic hydroxyl groups excluding tert-OH is 1. The van der Waals surface area contributed by atoms with Gasteiger partial charge in [0.2, 0.25) is 6.79 Å². The largest absolute Gasteiger partial charge is 0.454 e. The first kappa shape index (κ1) is 16.9. The number of nitrogens with one attached hydrogen (secondary N) is 2. The van der Waals surface area contributed by atoms with Crippen molar-refractivity contribution in [2.24, 2.45) is 0 Å². The Labute approximate surface area is 146 Å². The Morgan fingerprint density at radius 2 is 1.88 bits per heavy atom. The molecule has 0 radical (unpaired) electrons. The van der Waals surface area contributed by atoms with Crippen molar-refractivity contribution in [2.45, 2.75) is 6.10 Å². The van der Waals surface area contributed by atoms with E-state index >= 15 is 0 Å². The quantitative estimate of drug-likeness (QED) is 0.776.